The van der Waals surface area contributed by atoms with Gasteiger partial charge in [-0.1, -0.05) is 11.6 Å². The van der Waals surface area contributed by atoms with Crippen LogP contribution in [0.3, 0.4) is 0 Å². The highest BCUT2D eigenvalue weighted by Crippen LogP contribution is 2.49. The number of anilines is 2. The van der Waals surface area contributed by atoms with Crippen LogP contribution in [0.25, 0.3) is 0 Å². The molecule has 2 aliphatic heterocycles. The largest absolute Gasteiger partial charge is 0.467 e. The Morgan fingerprint density at radius 3 is 2.48 bits per heavy atom. The predicted octanol–water partition coefficient (Wildman–Crippen LogP) is 4.45. The van der Waals surface area contributed by atoms with Crippen molar-refractivity contribution in [3.05, 3.63) is 69.4 Å². The summed E-state index contributed by atoms with van der Waals surface area (Å²) in [5.74, 6) is -1.99. The van der Waals surface area contributed by atoms with Crippen molar-refractivity contribution >= 4 is 51.4 Å². The van der Waals surface area contributed by atoms with Crippen molar-refractivity contribution < 1.29 is 28.4 Å². The molecule has 3 aromatic rings. The number of amides is 2. The summed E-state index contributed by atoms with van der Waals surface area (Å²) in [5, 5.41) is 2.31. The lowest BCUT2D eigenvalue weighted by Gasteiger charge is -2.27. The van der Waals surface area contributed by atoms with Crippen LogP contribution < -0.4 is 9.96 Å². The Morgan fingerprint density at radius 1 is 1.12 bits per heavy atom. The smallest absolute Gasteiger partial charge is 0.341 e. The molecule has 3 atom stereocenters. The normalized spacial score (nSPS) is 22.2. The highest BCUT2D eigenvalue weighted by atomic mass is 35.5. The Balaban J connectivity index is 1.59. The van der Waals surface area contributed by atoms with Crippen molar-refractivity contribution in [3.63, 3.8) is 0 Å². The Kier molecular flexibility index (Phi) is 5.27. The maximum absolute atomic E-state index is 13.7. The number of esters is 1. The lowest BCUT2D eigenvalue weighted by Crippen LogP contribution is -2.37. The second kappa shape index (κ2) is 8.02. The SMILES string of the molecule is COC(=O)c1c(N2C(=O)[C@H]3[C@@H](c4ccco4)N(c4ccc(Cl)cc4)O[C@H]3C2=O)sc(C)c1C. The zero-order chi connectivity index (χ0) is 23.4. The first kappa shape index (κ1) is 21.7. The number of ether oxygens (including phenoxy) is 1. The van der Waals surface area contributed by atoms with Crippen LogP contribution in [0.1, 0.15) is 32.6 Å². The molecule has 1 aromatic carbocycles. The first-order valence-corrected chi connectivity index (χ1v) is 11.3. The second-order valence-corrected chi connectivity index (χ2v) is 9.42. The number of carbonyl (C=O) groups is 3. The Morgan fingerprint density at radius 2 is 1.85 bits per heavy atom. The Bertz CT molecular complexity index is 1250. The molecule has 2 aliphatic rings. The van der Waals surface area contributed by atoms with E-state index in [1.54, 1.807) is 43.3 Å². The zero-order valence-electron chi connectivity index (χ0n) is 17.9. The molecular weight excluding hydrogens is 468 g/mol. The molecule has 0 aliphatic carbocycles. The van der Waals surface area contributed by atoms with Crippen LogP contribution in [0, 0.1) is 19.8 Å². The summed E-state index contributed by atoms with van der Waals surface area (Å²) in [6.07, 6.45) is 0.430. The molecule has 0 bridgehead atoms. The van der Waals surface area contributed by atoms with E-state index in [-0.39, 0.29) is 10.6 Å². The number of imide groups is 1. The number of furan rings is 1. The van der Waals surface area contributed by atoms with E-state index in [1.807, 2.05) is 6.92 Å². The summed E-state index contributed by atoms with van der Waals surface area (Å²) in [7, 11) is 1.26. The average Bonchev–Trinajstić information content (AvgIpc) is 3.55. The van der Waals surface area contributed by atoms with Crippen LogP contribution >= 0.6 is 22.9 Å². The first-order chi connectivity index (χ1) is 15.8. The van der Waals surface area contributed by atoms with Gasteiger partial charge in [0.2, 0.25) is 5.91 Å². The van der Waals surface area contributed by atoms with Crippen LogP contribution in [0.5, 0.6) is 0 Å². The van der Waals surface area contributed by atoms with Crippen LogP contribution in [-0.2, 0) is 19.2 Å². The van der Waals surface area contributed by atoms with Gasteiger partial charge in [0.1, 0.15) is 22.7 Å². The van der Waals surface area contributed by atoms with Gasteiger partial charge < -0.3 is 9.15 Å². The summed E-state index contributed by atoms with van der Waals surface area (Å²) >= 11 is 7.22. The standard InChI is InChI=1S/C23H19ClN2O6S/c1-11-12(2)33-22(16(11)23(29)30-3)25-20(27)17-18(15-5-4-10-31-15)26(32-19(17)21(25)28)14-8-6-13(24)7-9-14/h4-10,17-19H,1-3H3/t17-,18+,19+/m0/s1. The third-order valence-corrected chi connectivity index (χ3v) is 7.43. The van der Waals surface area contributed by atoms with Gasteiger partial charge in [0.05, 0.1) is 24.6 Å². The van der Waals surface area contributed by atoms with Gasteiger partial charge in [-0.25, -0.2) is 14.8 Å². The molecule has 170 valence electrons. The molecule has 2 fully saturated rings. The predicted molar refractivity (Wildman–Crippen MR) is 121 cm³/mol. The number of thiophene rings is 1. The van der Waals surface area contributed by atoms with E-state index in [4.69, 9.17) is 25.6 Å². The molecule has 0 radical (unpaired) electrons. The highest BCUT2D eigenvalue weighted by molar-refractivity contribution is 7.17. The Labute approximate surface area is 198 Å². The maximum atomic E-state index is 13.7. The average molecular weight is 487 g/mol. The van der Waals surface area contributed by atoms with Crippen molar-refractivity contribution in [3.8, 4) is 0 Å². The molecule has 2 amide bonds. The topological polar surface area (TPSA) is 89.3 Å². The lowest BCUT2D eigenvalue weighted by molar-refractivity contribution is -0.126. The molecule has 8 nitrogen and oxygen atoms in total. The summed E-state index contributed by atoms with van der Waals surface area (Å²) in [4.78, 5) is 47.6. The summed E-state index contributed by atoms with van der Waals surface area (Å²) in [5.41, 5.74) is 1.51. The molecule has 0 unspecified atom stereocenters. The number of aryl methyl sites for hydroxylation is 1. The minimum absolute atomic E-state index is 0.214. The third kappa shape index (κ3) is 3.26. The fraction of sp³-hybridized carbons (Fsp3) is 0.261. The van der Waals surface area contributed by atoms with Crippen molar-refractivity contribution in [1.29, 1.82) is 0 Å². The maximum Gasteiger partial charge on any atom is 0.341 e. The van der Waals surface area contributed by atoms with E-state index in [2.05, 4.69) is 0 Å². The van der Waals surface area contributed by atoms with Gasteiger partial charge in [0.15, 0.2) is 6.10 Å². The van der Waals surface area contributed by atoms with E-state index in [0.717, 1.165) is 9.78 Å². The molecule has 0 N–H and O–H groups in total. The first-order valence-electron chi connectivity index (χ1n) is 10.1. The minimum atomic E-state index is -1.07. The van der Waals surface area contributed by atoms with Crippen LogP contribution in [0.2, 0.25) is 5.02 Å². The lowest BCUT2D eigenvalue weighted by atomic mass is 9.94. The molecule has 10 heteroatoms. The third-order valence-electron chi connectivity index (χ3n) is 5.99. The number of benzene rings is 1. The fourth-order valence-corrected chi connectivity index (χ4v) is 5.56. The number of methoxy groups -OCH3 is 1. The molecule has 4 heterocycles. The number of nitrogens with zero attached hydrogens (tertiary/aromatic N) is 2. The van der Waals surface area contributed by atoms with Gasteiger partial charge in [0.25, 0.3) is 5.91 Å². The van der Waals surface area contributed by atoms with Crippen LogP contribution in [0.4, 0.5) is 10.7 Å². The van der Waals surface area contributed by atoms with Crippen LogP contribution in [0.15, 0.2) is 47.1 Å². The van der Waals surface area contributed by atoms with Gasteiger partial charge in [-0.3, -0.25) is 14.4 Å². The van der Waals surface area contributed by atoms with Crippen molar-refractivity contribution in [2.75, 3.05) is 17.1 Å². The van der Waals surface area contributed by atoms with Gasteiger partial charge in [0, 0.05) is 9.90 Å². The minimum Gasteiger partial charge on any atom is -0.467 e. The number of fused-ring (bicyclic) bond motifs is 1. The molecule has 2 saturated heterocycles. The molecular formula is C23H19ClN2O6S. The van der Waals surface area contributed by atoms with Gasteiger partial charge in [-0.05, 0) is 55.8 Å². The van der Waals surface area contributed by atoms with Crippen molar-refractivity contribution in [1.82, 2.24) is 0 Å². The van der Waals surface area contributed by atoms with Gasteiger partial charge >= 0.3 is 5.97 Å². The van der Waals surface area contributed by atoms with Crippen molar-refractivity contribution in [2.45, 2.75) is 26.0 Å². The number of halogens is 1. The van der Waals surface area contributed by atoms with Crippen molar-refractivity contribution in [2.24, 2.45) is 5.92 Å². The Hall–Kier alpha value is -3.14. The molecule has 0 saturated carbocycles. The van der Waals surface area contributed by atoms with Gasteiger partial charge in [-0.15, -0.1) is 11.3 Å². The fourth-order valence-electron chi connectivity index (χ4n) is 4.28. The monoisotopic (exact) mass is 486 g/mol. The number of carbonyl (C=O) groups excluding carboxylic acids is 3. The van der Waals surface area contributed by atoms with E-state index in [0.29, 0.717) is 22.0 Å². The quantitative estimate of drug-likeness (QED) is 0.397. The number of hydroxylamine groups is 1. The number of rotatable bonds is 4. The number of hydrogen-bond donors (Lipinski definition) is 0. The van der Waals surface area contributed by atoms with E-state index in [1.165, 1.54) is 29.8 Å². The van der Waals surface area contributed by atoms with E-state index in [9.17, 15) is 14.4 Å². The van der Waals surface area contributed by atoms with Gasteiger partial charge in [-0.2, -0.15) is 0 Å². The summed E-state index contributed by atoms with van der Waals surface area (Å²) < 4.78 is 10.5. The summed E-state index contributed by atoms with van der Waals surface area (Å²) in [6, 6.07) is 9.65. The second-order valence-electron chi connectivity index (χ2n) is 7.78. The number of hydrogen-bond acceptors (Lipinski definition) is 8. The van der Waals surface area contributed by atoms with Crippen LogP contribution in [-0.4, -0.2) is 31.0 Å². The molecule has 5 rings (SSSR count). The van der Waals surface area contributed by atoms with E-state index >= 15 is 0 Å². The molecule has 0 spiro atoms. The molecule has 2 aromatic heterocycles. The highest BCUT2D eigenvalue weighted by Gasteiger charge is 2.61. The zero-order valence-corrected chi connectivity index (χ0v) is 19.5. The van der Waals surface area contributed by atoms with E-state index < -0.39 is 35.8 Å². The summed E-state index contributed by atoms with van der Waals surface area (Å²) in [6.45, 7) is 3.59. The molecule has 33 heavy (non-hydrogen) atoms.